The van der Waals surface area contributed by atoms with Crippen LogP contribution in [0.4, 0.5) is 5.69 Å². The third-order valence-electron chi connectivity index (χ3n) is 4.08. The number of methoxy groups -OCH3 is 2. The molecule has 1 N–H and O–H groups in total. The predicted octanol–water partition coefficient (Wildman–Crippen LogP) is 4.18. The second-order valence-electron chi connectivity index (χ2n) is 5.96. The zero-order chi connectivity index (χ0) is 19.9. The van der Waals surface area contributed by atoms with Crippen LogP contribution in [0.5, 0.6) is 5.75 Å². The highest BCUT2D eigenvalue weighted by Crippen LogP contribution is 2.27. The number of ether oxygens (including phenoxy) is 2. The summed E-state index contributed by atoms with van der Waals surface area (Å²) in [6.07, 6.45) is 0.767. The second-order valence-corrected chi connectivity index (χ2v) is 6.82. The molecule has 3 aromatic rings. The summed E-state index contributed by atoms with van der Waals surface area (Å²) in [6, 6.07) is 14.5. The van der Waals surface area contributed by atoms with Crippen LogP contribution >= 0.6 is 11.3 Å². The average Bonchev–Trinajstić information content (AvgIpc) is 3.21. The largest absolute Gasteiger partial charge is 0.497 e. The number of hydrogen-bond acceptors (Lipinski definition) is 6. The van der Waals surface area contributed by atoms with Crippen molar-refractivity contribution in [1.82, 2.24) is 4.98 Å². The molecule has 0 aliphatic carbocycles. The highest BCUT2D eigenvalue weighted by atomic mass is 32.1. The van der Waals surface area contributed by atoms with Gasteiger partial charge in [0, 0.05) is 17.4 Å². The summed E-state index contributed by atoms with van der Waals surface area (Å²) in [5.74, 6) is 0.100. The minimum atomic E-state index is -0.488. The van der Waals surface area contributed by atoms with E-state index in [0.717, 1.165) is 22.0 Å². The maximum Gasteiger partial charge on any atom is 0.339 e. The van der Waals surface area contributed by atoms with Crippen molar-refractivity contribution >= 4 is 28.9 Å². The molecule has 0 unspecified atom stereocenters. The standard InChI is InChI=1S/C21H20N2O4S/c1-26-16-7-5-6-14(12-16)20-22-15(13-28-20)10-11-19(24)23-18-9-4-3-8-17(18)21(25)27-2/h3-9,12-13H,10-11H2,1-2H3,(H,23,24). The van der Waals surface area contributed by atoms with Gasteiger partial charge in [0.1, 0.15) is 10.8 Å². The Bertz CT molecular complexity index is 984. The van der Waals surface area contributed by atoms with Crippen LogP contribution in [-0.2, 0) is 16.0 Å². The van der Waals surface area contributed by atoms with Gasteiger partial charge in [-0.25, -0.2) is 9.78 Å². The Labute approximate surface area is 167 Å². The van der Waals surface area contributed by atoms with E-state index in [1.807, 2.05) is 29.6 Å². The van der Waals surface area contributed by atoms with Gasteiger partial charge in [-0.05, 0) is 30.7 Å². The first-order valence-electron chi connectivity index (χ1n) is 8.66. The van der Waals surface area contributed by atoms with Crippen LogP contribution < -0.4 is 10.1 Å². The Hall–Kier alpha value is -3.19. The van der Waals surface area contributed by atoms with Crippen molar-refractivity contribution in [3.8, 4) is 16.3 Å². The number of nitrogens with one attached hydrogen (secondary N) is 1. The van der Waals surface area contributed by atoms with Crippen LogP contribution in [0.1, 0.15) is 22.5 Å². The molecule has 0 aliphatic rings. The molecule has 28 heavy (non-hydrogen) atoms. The molecule has 3 rings (SSSR count). The summed E-state index contributed by atoms with van der Waals surface area (Å²) in [4.78, 5) is 28.7. The number of amides is 1. The maximum absolute atomic E-state index is 12.3. The van der Waals surface area contributed by atoms with Gasteiger partial charge in [0.05, 0.1) is 31.2 Å². The molecule has 7 heteroatoms. The molecular weight excluding hydrogens is 376 g/mol. The lowest BCUT2D eigenvalue weighted by Crippen LogP contribution is -2.15. The lowest BCUT2D eigenvalue weighted by molar-refractivity contribution is -0.116. The van der Waals surface area contributed by atoms with Gasteiger partial charge < -0.3 is 14.8 Å². The fourth-order valence-corrected chi connectivity index (χ4v) is 3.50. The molecular formula is C21H20N2O4S. The summed E-state index contributed by atoms with van der Waals surface area (Å²) < 4.78 is 9.99. The number of anilines is 1. The van der Waals surface area contributed by atoms with E-state index in [4.69, 9.17) is 9.47 Å². The van der Waals surface area contributed by atoms with Crippen LogP contribution in [0, 0.1) is 0 Å². The highest BCUT2D eigenvalue weighted by Gasteiger charge is 2.14. The van der Waals surface area contributed by atoms with Gasteiger partial charge in [0.2, 0.25) is 5.91 Å². The summed E-state index contributed by atoms with van der Waals surface area (Å²) in [5.41, 5.74) is 2.59. The van der Waals surface area contributed by atoms with Crippen molar-refractivity contribution in [2.45, 2.75) is 12.8 Å². The molecule has 0 radical (unpaired) electrons. The number of rotatable bonds is 7. The molecule has 0 saturated heterocycles. The van der Waals surface area contributed by atoms with E-state index in [1.165, 1.54) is 18.4 Å². The van der Waals surface area contributed by atoms with Gasteiger partial charge in [0.15, 0.2) is 0 Å². The van der Waals surface area contributed by atoms with E-state index in [0.29, 0.717) is 17.7 Å². The van der Waals surface area contributed by atoms with Gasteiger partial charge in [-0.3, -0.25) is 4.79 Å². The first-order chi connectivity index (χ1) is 13.6. The number of para-hydroxylation sites is 1. The number of benzene rings is 2. The van der Waals surface area contributed by atoms with E-state index >= 15 is 0 Å². The summed E-state index contributed by atoms with van der Waals surface area (Å²) in [6.45, 7) is 0. The topological polar surface area (TPSA) is 77.5 Å². The lowest BCUT2D eigenvalue weighted by Gasteiger charge is -2.09. The van der Waals surface area contributed by atoms with Crippen molar-refractivity contribution in [1.29, 1.82) is 0 Å². The number of aryl methyl sites for hydroxylation is 1. The van der Waals surface area contributed by atoms with Crippen LogP contribution in [0.3, 0.4) is 0 Å². The second kappa shape index (κ2) is 9.14. The smallest absolute Gasteiger partial charge is 0.339 e. The van der Waals surface area contributed by atoms with Gasteiger partial charge in [-0.2, -0.15) is 0 Å². The molecule has 0 fully saturated rings. The summed E-state index contributed by atoms with van der Waals surface area (Å²) in [7, 11) is 2.94. The van der Waals surface area contributed by atoms with Crippen LogP contribution in [0.25, 0.3) is 10.6 Å². The van der Waals surface area contributed by atoms with Crippen molar-refractivity contribution in [3.05, 3.63) is 65.2 Å². The van der Waals surface area contributed by atoms with E-state index in [-0.39, 0.29) is 12.3 Å². The minimum absolute atomic E-state index is 0.188. The minimum Gasteiger partial charge on any atom is -0.497 e. The zero-order valence-electron chi connectivity index (χ0n) is 15.6. The van der Waals surface area contributed by atoms with E-state index < -0.39 is 5.97 Å². The van der Waals surface area contributed by atoms with Crippen LogP contribution in [0.15, 0.2) is 53.9 Å². The van der Waals surface area contributed by atoms with Crippen molar-refractivity contribution in [3.63, 3.8) is 0 Å². The molecule has 0 atom stereocenters. The predicted molar refractivity (Wildman–Crippen MR) is 109 cm³/mol. The number of thiazole rings is 1. The van der Waals surface area contributed by atoms with Crippen molar-refractivity contribution in [2.24, 2.45) is 0 Å². The van der Waals surface area contributed by atoms with E-state index in [9.17, 15) is 9.59 Å². The number of nitrogens with zero attached hydrogens (tertiary/aromatic N) is 1. The molecule has 1 amide bonds. The Kier molecular flexibility index (Phi) is 6.39. The van der Waals surface area contributed by atoms with Crippen LogP contribution in [0.2, 0.25) is 0 Å². The van der Waals surface area contributed by atoms with Crippen molar-refractivity contribution < 1.29 is 19.1 Å². The first-order valence-corrected chi connectivity index (χ1v) is 9.54. The number of carbonyl (C=O) groups is 2. The third kappa shape index (κ3) is 4.75. The molecule has 1 heterocycles. The fraction of sp³-hybridized carbons (Fsp3) is 0.190. The summed E-state index contributed by atoms with van der Waals surface area (Å²) >= 11 is 1.53. The number of esters is 1. The average molecular weight is 396 g/mol. The Balaban J connectivity index is 1.62. The molecule has 6 nitrogen and oxygen atoms in total. The lowest BCUT2D eigenvalue weighted by atomic mass is 10.1. The number of hydrogen-bond donors (Lipinski definition) is 1. The number of carbonyl (C=O) groups excluding carboxylic acids is 2. The Morgan fingerprint density at radius 3 is 2.71 bits per heavy atom. The molecule has 1 aromatic heterocycles. The third-order valence-corrected chi connectivity index (χ3v) is 5.02. The molecule has 0 aliphatic heterocycles. The van der Waals surface area contributed by atoms with E-state index in [2.05, 4.69) is 10.3 Å². The monoisotopic (exact) mass is 396 g/mol. The molecule has 0 spiro atoms. The molecule has 0 bridgehead atoms. The van der Waals surface area contributed by atoms with E-state index in [1.54, 1.807) is 31.4 Å². The maximum atomic E-state index is 12.3. The van der Waals surface area contributed by atoms with Gasteiger partial charge in [-0.1, -0.05) is 24.3 Å². The number of aromatic nitrogens is 1. The van der Waals surface area contributed by atoms with Crippen LogP contribution in [-0.4, -0.2) is 31.1 Å². The Morgan fingerprint density at radius 1 is 1.11 bits per heavy atom. The summed E-state index contributed by atoms with van der Waals surface area (Å²) in [5, 5.41) is 5.60. The quantitative estimate of drug-likeness (QED) is 0.606. The fourth-order valence-electron chi connectivity index (χ4n) is 2.64. The van der Waals surface area contributed by atoms with Gasteiger partial charge in [0.25, 0.3) is 0 Å². The SMILES string of the molecule is COC(=O)c1ccccc1NC(=O)CCc1csc(-c2cccc(OC)c2)n1. The molecule has 144 valence electrons. The Morgan fingerprint density at radius 2 is 1.93 bits per heavy atom. The molecule has 2 aromatic carbocycles. The molecule has 0 saturated carbocycles. The van der Waals surface area contributed by atoms with Gasteiger partial charge in [-0.15, -0.1) is 11.3 Å². The normalized spacial score (nSPS) is 10.4. The highest BCUT2D eigenvalue weighted by molar-refractivity contribution is 7.13. The van der Waals surface area contributed by atoms with Crippen molar-refractivity contribution in [2.75, 3.05) is 19.5 Å². The first kappa shape index (κ1) is 19.6. The van der Waals surface area contributed by atoms with Gasteiger partial charge >= 0.3 is 5.97 Å². The zero-order valence-corrected chi connectivity index (χ0v) is 16.4.